The van der Waals surface area contributed by atoms with Crippen molar-refractivity contribution >= 4 is 29.0 Å². The number of hydrogen-bond acceptors (Lipinski definition) is 8. The molecular formula is C20H22F2N8O. The molecule has 0 aromatic carbocycles. The summed E-state index contributed by atoms with van der Waals surface area (Å²) >= 11 is 0. The lowest BCUT2D eigenvalue weighted by Gasteiger charge is -2.16. The molecule has 0 aliphatic rings. The van der Waals surface area contributed by atoms with Crippen molar-refractivity contribution in [3.8, 4) is 11.3 Å². The number of aryl methyl sites for hydroxylation is 1. The van der Waals surface area contributed by atoms with Crippen LogP contribution in [0.3, 0.4) is 0 Å². The number of pyridine rings is 1. The van der Waals surface area contributed by atoms with E-state index in [0.717, 1.165) is 6.92 Å². The molecule has 11 heteroatoms. The van der Waals surface area contributed by atoms with Crippen LogP contribution >= 0.6 is 0 Å². The molecule has 0 saturated heterocycles. The Labute approximate surface area is 177 Å². The fourth-order valence-electron chi connectivity index (χ4n) is 2.68. The molecule has 3 aromatic heterocycles. The van der Waals surface area contributed by atoms with Crippen molar-refractivity contribution in [2.45, 2.75) is 33.1 Å². The van der Waals surface area contributed by atoms with Crippen LogP contribution in [0.5, 0.6) is 0 Å². The number of carbonyl (C=O) groups is 1. The summed E-state index contributed by atoms with van der Waals surface area (Å²) in [6.45, 7) is 3.92. The van der Waals surface area contributed by atoms with Crippen molar-refractivity contribution in [2.75, 3.05) is 23.0 Å². The van der Waals surface area contributed by atoms with Gasteiger partial charge in [-0.25, -0.2) is 19.9 Å². The number of anilines is 4. The lowest BCUT2D eigenvalue weighted by atomic mass is 10.1. The highest BCUT2D eigenvalue weighted by molar-refractivity contribution is 5.89. The average molecular weight is 428 g/mol. The fraction of sp³-hybridized carbons (Fsp3) is 0.300. The van der Waals surface area contributed by atoms with Gasteiger partial charge in [0.15, 0.2) is 0 Å². The van der Waals surface area contributed by atoms with Crippen LogP contribution in [0.2, 0.25) is 0 Å². The number of rotatable bonds is 7. The molecule has 3 aromatic rings. The Balaban J connectivity index is 2.08. The van der Waals surface area contributed by atoms with E-state index < -0.39 is 11.7 Å². The van der Waals surface area contributed by atoms with Gasteiger partial charge >= 0.3 is 5.92 Å². The normalized spacial score (nSPS) is 11.2. The molecule has 3 rings (SSSR count). The molecular weight excluding hydrogens is 406 g/mol. The first-order valence-corrected chi connectivity index (χ1v) is 9.50. The Hall–Kier alpha value is -3.76. The molecule has 0 atom stereocenters. The van der Waals surface area contributed by atoms with E-state index in [1.165, 1.54) is 13.1 Å². The number of alkyl halides is 2. The third-order valence-electron chi connectivity index (χ3n) is 4.19. The van der Waals surface area contributed by atoms with E-state index in [2.05, 4.69) is 40.9 Å². The van der Waals surface area contributed by atoms with Gasteiger partial charge in [0.1, 0.15) is 17.5 Å². The van der Waals surface area contributed by atoms with Gasteiger partial charge in [0.25, 0.3) is 0 Å². The highest BCUT2D eigenvalue weighted by atomic mass is 19.3. The number of aromatic nitrogens is 5. The Kier molecular flexibility index (Phi) is 6.33. The lowest BCUT2D eigenvalue weighted by Crippen LogP contribution is -2.15. The zero-order valence-electron chi connectivity index (χ0n) is 17.5. The van der Waals surface area contributed by atoms with Gasteiger partial charge in [-0.1, -0.05) is 6.92 Å². The average Bonchev–Trinajstić information content (AvgIpc) is 2.73. The first kappa shape index (κ1) is 21.9. The number of halogens is 2. The van der Waals surface area contributed by atoms with Gasteiger partial charge in [-0.2, -0.15) is 8.78 Å². The number of amides is 1. The van der Waals surface area contributed by atoms with Crippen LogP contribution in [-0.2, 0) is 17.1 Å². The Bertz CT molecular complexity index is 1080. The number of hydrogen-bond donors (Lipinski definition) is 3. The second-order valence-electron chi connectivity index (χ2n) is 6.77. The summed E-state index contributed by atoms with van der Waals surface area (Å²) in [4.78, 5) is 32.2. The van der Waals surface area contributed by atoms with Crippen LogP contribution in [0.1, 0.15) is 32.3 Å². The fourth-order valence-corrected chi connectivity index (χ4v) is 2.68. The molecule has 0 fully saturated rings. The monoisotopic (exact) mass is 428 g/mol. The molecule has 0 aliphatic carbocycles. The lowest BCUT2D eigenvalue weighted by molar-refractivity contribution is -0.114. The molecule has 3 N–H and O–H groups in total. The maximum absolute atomic E-state index is 13.9. The van der Waals surface area contributed by atoms with Gasteiger partial charge in [0.05, 0.1) is 23.8 Å². The minimum Gasteiger partial charge on any atom is -0.372 e. The SMILES string of the molecule is CCc1cc(Nc2cc(NC(C)=O)ncc2-c2cnc(NC)cn2)nc(C(C)(F)F)n1. The second-order valence-corrected chi connectivity index (χ2v) is 6.77. The quantitative estimate of drug-likeness (QED) is 0.521. The van der Waals surface area contributed by atoms with Crippen LogP contribution in [0, 0.1) is 0 Å². The first-order valence-electron chi connectivity index (χ1n) is 9.50. The Morgan fingerprint density at radius 3 is 2.35 bits per heavy atom. The molecule has 0 unspecified atom stereocenters. The predicted molar refractivity (Wildman–Crippen MR) is 113 cm³/mol. The smallest absolute Gasteiger partial charge is 0.303 e. The molecule has 9 nitrogen and oxygen atoms in total. The predicted octanol–water partition coefficient (Wildman–Crippen LogP) is 3.75. The van der Waals surface area contributed by atoms with E-state index in [4.69, 9.17) is 0 Å². The van der Waals surface area contributed by atoms with E-state index in [9.17, 15) is 13.6 Å². The number of nitrogens with zero attached hydrogens (tertiary/aromatic N) is 5. The molecule has 162 valence electrons. The third kappa shape index (κ3) is 5.44. The molecule has 0 radical (unpaired) electrons. The largest absolute Gasteiger partial charge is 0.372 e. The van der Waals surface area contributed by atoms with Gasteiger partial charge in [-0.15, -0.1) is 0 Å². The maximum atomic E-state index is 13.9. The van der Waals surface area contributed by atoms with Gasteiger partial charge in [0.2, 0.25) is 11.7 Å². The summed E-state index contributed by atoms with van der Waals surface area (Å²) in [5.41, 5.74) is 1.96. The van der Waals surface area contributed by atoms with Crippen molar-refractivity contribution in [3.63, 3.8) is 0 Å². The Morgan fingerprint density at radius 1 is 1.03 bits per heavy atom. The zero-order chi connectivity index (χ0) is 22.6. The molecule has 0 saturated carbocycles. The summed E-state index contributed by atoms with van der Waals surface area (Å²) in [6, 6.07) is 3.16. The molecule has 1 amide bonds. The second kappa shape index (κ2) is 8.94. The van der Waals surface area contributed by atoms with Crippen LogP contribution in [0.15, 0.2) is 30.7 Å². The van der Waals surface area contributed by atoms with Gasteiger partial charge in [-0.3, -0.25) is 9.78 Å². The summed E-state index contributed by atoms with van der Waals surface area (Å²) in [7, 11) is 1.72. The molecule has 3 heterocycles. The summed E-state index contributed by atoms with van der Waals surface area (Å²) in [5, 5.41) is 8.52. The standard InChI is InChI=1S/C20H22F2N8O/c1-5-12-6-17(30-19(28-12)20(3,21)22)29-14-7-16(27-11(2)31)25-8-13(14)15-9-26-18(23-4)10-24-15/h6-10H,5H2,1-4H3,(H,23,26)(H2,25,27,28,29,30,31). The van der Waals surface area contributed by atoms with Gasteiger partial charge in [0, 0.05) is 50.5 Å². The minimum absolute atomic E-state index is 0.185. The van der Waals surface area contributed by atoms with Gasteiger partial charge < -0.3 is 16.0 Å². The molecule has 0 spiro atoms. The molecule has 0 bridgehead atoms. The number of nitrogens with one attached hydrogen (secondary N) is 3. The van der Waals surface area contributed by atoms with Crippen molar-refractivity contribution in [3.05, 3.63) is 42.2 Å². The van der Waals surface area contributed by atoms with E-state index in [0.29, 0.717) is 34.9 Å². The maximum Gasteiger partial charge on any atom is 0.303 e. The van der Waals surface area contributed by atoms with Crippen molar-refractivity contribution in [1.29, 1.82) is 0 Å². The van der Waals surface area contributed by atoms with Crippen LogP contribution in [-0.4, -0.2) is 37.9 Å². The van der Waals surface area contributed by atoms with Crippen LogP contribution < -0.4 is 16.0 Å². The van der Waals surface area contributed by atoms with Crippen molar-refractivity contribution in [1.82, 2.24) is 24.9 Å². The highest BCUT2D eigenvalue weighted by Gasteiger charge is 2.29. The first-order chi connectivity index (χ1) is 14.7. The molecule has 0 aliphatic heterocycles. The summed E-state index contributed by atoms with van der Waals surface area (Å²) in [6.07, 6.45) is 5.07. The van der Waals surface area contributed by atoms with E-state index in [1.54, 1.807) is 31.6 Å². The van der Waals surface area contributed by atoms with E-state index in [-0.39, 0.29) is 17.5 Å². The summed E-state index contributed by atoms with van der Waals surface area (Å²) in [5.74, 6) is -3.02. The zero-order valence-corrected chi connectivity index (χ0v) is 17.5. The minimum atomic E-state index is -3.20. The van der Waals surface area contributed by atoms with Crippen LogP contribution in [0.4, 0.5) is 31.9 Å². The van der Waals surface area contributed by atoms with E-state index >= 15 is 0 Å². The van der Waals surface area contributed by atoms with Gasteiger partial charge in [-0.05, 0) is 6.42 Å². The summed E-state index contributed by atoms with van der Waals surface area (Å²) < 4.78 is 27.8. The van der Waals surface area contributed by atoms with Crippen molar-refractivity contribution in [2.24, 2.45) is 0 Å². The topological polar surface area (TPSA) is 118 Å². The van der Waals surface area contributed by atoms with Crippen LogP contribution in [0.25, 0.3) is 11.3 Å². The van der Waals surface area contributed by atoms with E-state index in [1.807, 2.05) is 6.92 Å². The number of carbonyl (C=O) groups excluding carboxylic acids is 1. The Morgan fingerprint density at radius 2 is 1.77 bits per heavy atom. The highest BCUT2D eigenvalue weighted by Crippen LogP contribution is 2.31. The molecule has 31 heavy (non-hydrogen) atoms. The third-order valence-corrected chi connectivity index (χ3v) is 4.19. The van der Waals surface area contributed by atoms with Crippen molar-refractivity contribution < 1.29 is 13.6 Å².